The molecule has 15 nitrogen and oxygen atoms in total. The van der Waals surface area contributed by atoms with Crippen molar-refractivity contribution >= 4 is 48.3 Å². The van der Waals surface area contributed by atoms with E-state index in [-0.39, 0.29) is 21.3 Å². The molecule has 0 unspecified atom stereocenters. The van der Waals surface area contributed by atoms with Crippen LogP contribution >= 0.6 is 0 Å². The normalized spacial score (nSPS) is 13.4. The quantitative estimate of drug-likeness (QED) is 0.172. The molecule has 3 rings (SSSR count). The molecule has 0 saturated heterocycles. The fourth-order valence-corrected chi connectivity index (χ4v) is 6.74. The SMILES string of the molecule is CCOC(=O)[C@H](C)OS(=O)(=O)c1ccc(C)cc1.Cc1ccc(S(=O)(=O)O[C@@H](C)C(=O)O)cc1.Cc1ccc(S(=O)(=O)O[C@@H](C)C(=O)OC(C)(C)C)cc1. The number of hydrogen-bond donors (Lipinski definition) is 1. The Labute approximate surface area is 317 Å². The summed E-state index contributed by atoms with van der Waals surface area (Å²) in [6, 6.07) is 18.4. The standard InChI is InChI=1S/C14H20O5S.C12H16O5S.C10H12O5S/c1-10-6-8-12(9-7-10)20(16,17)19-11(2)13(15)18-14(3,4)5;1-4-16-12(13)10(3)17-18(14,15)11-7-5-9(2)6-8-11;1-7-3-5-9(6-4-7)16(13,14)15-8(2)10(11)12/h6-9,11H,1-5H3;5-8,10H,4H2,1-3H3;3-6,8H,1-2H3,(H,11,12)/t11-;10-;8-/m000/s1. The van der Waals surface area contributed by atoms with E-state index in [2.05, 4.69) is 8.92 Å². The van der Waals surface area contributed by atoms with E-state index in [1.165, 1.54) is 50.2 Å². The number of hydrogen-bond acceptors (Lipinski definition) is 14. The number of carbonyl (C=O) groups excluding carboxylic acids is 2. The van der Waals surface area contributed by atoms with Gasteiger partial charge in [-0.25, -0.2) is 14.4 Å². The molecule has 54 heavy (non-hydrogen) atoms. The summed E-state index contributed by atoms with van der Waals surface area (Å²) in [5, 5.41) is 8.55. The molecule has 3 aromatic carbocycles. The van der Waals surface area contributed by atoms with E-state index in [0.717, 1.165) is 23.6 Å². The van der Waals surface area contributed by atoms with Crippen LogP contribution < -0.4 is 0 Å². The molecule has 0 bridgehead atoms. The molecule has 0 heterocycles. The van der Waals surface area contributed by atoms with Gasteiger partial charge in [0.25, 0.3) is 30.4 Å². The van der Waals surface area contributed by atoms with Gasteiger partial charge in [-0.15, -0.1) is 0 Å². The lowest BCUT2D eigenvalue weighted by atomic mass is 10.2. The van der Waals surface area contributed by atoms with Crippen molar-refractivity contribution in [3.63, 3.8) is 0 Å². The third kappa shape index (κ3) is 16.9. The highest BCUT2D eigenvalue weighted by atomic mass is 32.2. The predicted octanol–water partition coefficient (Wildman–Crippen LogP) is 5.26. The molecule has 18 heteroatoms. The van der Waals surface area contributed by atoms with Crippen molar-refractivity contribution in [2.45, 2.75) is 108 Å². The zero-order valence-corrected chi connectivity index (χ0v) is 34.2. The first-order chi connectivity index (χ1) is 24.7. The van der Waals surface area contributed by atoms with Gasteiger partial charge in [-0.3, -0.25) is 12.5 Å². The highest BCUT2D eigenvalue weighted by Gasteiger charge is 2.28. The molecule has 0 spiro atoms. The highest BCUT2D eigenvalue weighted by molar-refractivity contribution is 7.87. The predicted molar refractivity (Wildman–Crippen MR) is 197 cm³/mol. The van der Waals surface area contributed by atoms with Gasteiger partial charge in [-0.2, -0.15) is 25.3 Å². The van der Waals surface area contributed by atoms with Gasteiger partial charge in [-0.1, -0.05) is 53.1 Å². The van der Waals surface area contributed by atoms with E-state index < -0.39 is 72.2 Å². The highest BCUT2D eigenvalue weighted by Crippen LogP contribution is 2.18. The van der Waals surface area contributed by atoms with Crippen LogP contribution in [-0.2, 0) is 66.8 Å². The number of carboxylic acid groups (broad SMARTS) is 1. The maximum atomic E-state index is 12.0. The second-order valence-electron chi connectivity index (χ2n) is 12.6. The van der Waals surface area contributed by atoms with Crippen LogP contribution in [0.5, 0.6) is 0 Å². The fourth-order valence-electron chi connectivity index (χ4n) is 3.62. The van der Waals surface area contributed by atoms with E-state index in [4.69, 9.17) is 18.2 Å². The number of aliphatic carboxylic acids is 1. The van der Waals surface area contributed by atoms with Crippen LogP contribution in [0.3, 0.4) is 0 Å². The Kier molecular flexibility index (Phi) is 18.1. The van der Waals surface area contributed by atoms with Crippen molar-refractivity contribution < 1.29 is 66.8 Å². The summed E-state index contributed by atoms with van der Waals surface area (Å²) >= 11 is 0. The molecule has 3 aromatic rings. The van der Waals surface area contributed by atoms with Crippen molar-refractivity contribution in [1.82, 2.24) is 0 Å². The average Bonchev–Trinajstić information content (AvgIpc) is 3.04. The largest absolute Gasteiger partial charge is 0.479 e. The molecule has 0 aliphatic carbocycles. The minimum Gasteiger partial charge on any atom is -0.479 e. The van der Waals surface area contributed by atoms with Crippen molar-refractivity contribution in [3.8, 4) is 0 Å². The average molecular weight is 817 g/mol. The Hall–Kier alpha value is -4.20. The van der Waals surface area contributed by atoms with Crippen LogP contribution in [0.15, 0.2) is 87.5 Å². The first-order valence-corrected chi connectivity index (χ1v) is 20.6. The lowest BCUT2D eigenvalue weighted by Gasteiger charge is -2.22. The third-order valence-corrected chi connectivity index (χ3v) is 10.6. The molecule has 0 saturated carbocycles. The number of esters is 2. The van der Waals surface area contributed by atoms with Crippen LogP contribution in [0.25, 0.3) is 0 Å². The molecular formula is C36H48O15S3. The number of carbonyl (C=O) groups is 3. The van der Waals surface area contributed by atoms with Crippen molar-refractivity contribution in [3.05, 3.63) is 89.5 Å². The van der Waals surface area contributed by atoms with Crippen molar-refractivity contribution in [1.29, 1.82) is 0 Å². The number of carboxylic acids is 1. The molecular weight excluding hydrogens is 769 g/mol. The van der Waals surface area contributed by atoms with E-state index in [0.29, 0.717) is 0 Å². The Morgan fingerprint density at radius 2 is 0.833 bits per heavy atom. The van der Waals surface area contributed by atoms with E-state index in [1.54, 1.807) is 64.1 Å². The second-order valence-corrected chi connectivity index (χ2v) is 17.4. The molecule has 0 aliphatic heterocycles. The van der Waals surface area contributed by atoms with Gasteiger partial charge in [0.15, 0.2) is 18.3 Å². The van der Waals surface area contributed by atoms with Gasteiger partial charge in [0.1, 0.15) is 5.60 Å². The van der Waals surface area contributed by atoms with Crippen LogP contribution in [0.2, 0.25) is 0 Å². The lowest BCUT2D eigenvalue weighted by Crippen LogP contribution is -2.33. The Balaban J connectivity index is 0.000000408. The topological polar surface area (TPSA) is 220 Å². The number of ether oxygens (including phenoxy) is 2. The summed E-state index contributed by atoms with van der Waals surface area (Å²) in [5.74, 6) is -2.74. The van der Waals surface area contributed by atoms with Gasteiger partial charge in [0.05, 0.1) is 21.3 Å². The van der Waals surface area contributed by atoms with Crippen LogP contribution in [0, 0.1) is 20.8 Å². The zero-order valence-electron chi connectivity index (χ0n) is 31.8. The Morgan fingerprint density at radius 1 is 0.556 bits per heavy atom. The zero-order chi connectivity index (χ0) is 41.7. The molecule has 0 aliphatic rings. The second kappa shape index (κ2) is 20.5. The minimum absolute atomic E-state index is 0.0125. The molecule has 0 radical (unpaired) electrons. The molecule has 1 N–H and O–H groups in total. The minimum atomic E-state index is -4.00. The molecule has 300 valence electrons. The number of rotatable bonds is 13. The fraction of sp³-hybridized carbons (Fsp3) is 0.417. The van der Waals surface area contributed by atoms with Crippen LogP contribution in [0.4, 0.5) is 0 Å². The van der Waals surface area contributed by atoms with E-state index >= 15 is 0 Å². The van der Waals surface area contributed by atoms with E-state index in [1.807, 2.05) is 20.8 Å². The van der Waals surface area contributed by atoms with Crippen molar-refractivity contribution in [2.75, 3.05) is 6.61 Å². The Morgan fingerprint density at radius 3 is 1.09 bits per heavy atom. The lowest BCUT2D eigenvalue weighted by molar-refractivity contribution is -0.162. The maximum absolute atomic E-state index is 12.0. The monoisotopic (exact) mass is 816 g/mol. The number of benzene rings is 3. The summed E-state index contributed by atoms with van der Waals surface area (Å²) in [6.07, 6.45) is -3.75. The van der Waals surface area contributed by atoms with Crippen molar-refractivity contribution in [2.24, 2.45) is 0 Å². The molecule has 0 amide bonds. The van der Waals surface area contributed by atoms with E-state index in [9.17, 15) is 39.6 Å². The van der Waals surface area contributed by atoms with Gasteiger partial charge >= 0.3 is 17.9 Å². The summed E-state index contributed by atoms with van der Waals surface area (Å²) in [6.45, 7) is 16.3. The maximum Gasteiger partial charge on any atom is 0.337 e. The smallest absolute Gasteiger partial charge is 0.337 e. The van der Waals surface area contributed by atoms with Gasteiger partial charge < -0.3 is 14.6 Å². The summed E-state index contributed by atoms with van der Waals surface area (Å²) in [5.41, 5.74) is 2.09. The molecule has 0 aromatic heterocycles. The summed E-state index contributed by atoms with van der Waals surface area (Å²) in [4.78, 5) is 33.5. The van der Waals surface area contributed by atoms with Crippen LogP contribution in [-0.4, -0.2) is 78.8 Å². The third-order valence-electron chi connectivity index (χ3n) is 6.45. The molecule has 0 fully saturated rings. The van der Waals surface area contributed by atoms with Crippen LogP contribution in [0.1, 0.15) is 65.2 Å². The number of aryl methyl sites for hydroxylation is 3. The van der Waals surface area contributed by atoms with Gasteiger partial charge in [-0.05, 0) is 106 Å². The van der Waals surface area contributed by atoms with Gasteiger partial charge in [0, 0.05) is 0 Å². The first kappa shape index (κ1) is 47.8. The first-order valence-electron chi connectivity index (χ1n) is 16.3. The summed E-state index contributed by atoms with van der Waals surface area (Å²) in [7, 11) is -11.9. The summed E-state index contributed by atoms with van der Waals surface area (Å²) < 4.78 is 94.7. The Bertz CT molecular complexity index is 2020. The molecule has 3 atom stereocenters. The van der Waals surface area contributed by atoms with Gasteiger partial charge in [0.2, 0.25) is 0 Å².